The number of nitrogens with one attached hydrogen (secondary N) is 1. The molecule has 3 aromatic carbocycles. The van der Waals surface area contributed by atoms with Gasteiger partial charge in [0.05, 0.1) is 32.5 Å². The number of hydrogen-bond donors (Lipinski definition) is 1. The van der Waals surface area contributed by atoms with Crippen LogP contribution in [0, 0.1) is 18.3 Å². The molecule has 35 heavy (non-hydrogen) atoms. The van der Waals surface area contributed by atoms with Crippen LogP contribution in [0.2, 0.25) is 0 Å². The lowest BCUT2D eigenvalue weighted by Gasteiger charge is -2.13. The van der Waals surface area contributed by atoms with E-state index in [9.17, 15) is 10.1 Å². The molecule has 0 unspecified atom stereocenters. The average Bonchev–Trinajstić information content (AvgIpc) is 2.86. The van der Waals surface area contributed by atoms with Crippen LogP contribution in [0.4, 0.5) is 5.69 Å². The SMILES string of the molecule is CCOc1cc(/C=C(\C#N)c2ccc(OC)c(OC)c2)ccc1OCC(=O)Nc1cccc(C)c1. The van der Waals surface area contributed by atoms with Crippen molar-refractivity contribution in [3.05, 3.63) is 77.4 Å². The van der Waals surface area contributed by atoms with Gasteiger partial charge in [-0.25, -0.2) is 0 Å². The Morgan fingerprint density at radius 3 is 2.40 bits per heavy atom. The van der Waals surface area contributed by atoms with Gasteiger partial charge < -0.3 is 24.3 Å². The highest BCUT2D eigenvalue weighted by Gasteiger charge is 2.12. The number of ether oxygens (including phenoxy) is 4. The summed E-state index contributed by atoms with van der Waals surface area (Å²) in [5, 5.41) is 12.6. The topological polar surface area (TPSA) is 89.8 Å². The number of allylic oxidation sites excluding steroid dienone is 1. The molecule has 1 amide bonds. The van der Waals surface area contributed by atoms with E-state index >= 15 is 0 Å². The van der Waals surface area contributed by atoms with Crippen LogP contribution in [0.5, 0.6) is 23.0 Å². The third-order valence-corrected chi connectivity index (χ3v) is 5.05. The molecule has 0 atom stereocenters. The maximum absolute atomic E-state index is 12.3. The molecule has 0 fully saturated rings. The molecule has 0 aliphatic rings. The molecule has 7 heteroatoms. The van der Waals surface area contributed by atoms with Crippen LogP contribution in [0.1, 0.15) is 23.6 Å². The van der Waals surface area contributed by atoms with Gasteiger partial charge in [-0.3, -0.25) is 4.79 Å². The smallest absolute Gasteiger partial charge is 0.262 e. The van der Waals surface area contributed by atoms with Crippen molar-refractivity contribution in [2.24, 2.45) is 0 Å². The van der Waals surface area contributed by atoms with E-state index in [2.05, 4.69) is 11.4 Å². The summed E-state index contributed by atoms with van der Waals surface area (Å²) >= 11 is 0. The Morgan fingerprint density at radius 1 is 0.943 bits per heavy atom. The second-order valence-electron chi connectivity index (χ2n) is 7.59. The van der Waals surface area contributed by atoms with Crippen LogP contribution < -0.4 is 24.3 Å². The van der Waals surface area contributed by atoms with Gasteiger partial charge in [0, 0.05) is 5.69 Å². The Bertz CT molecular complexity index is 1260. The summed E-state index contributed by atoms with van der Waals surface area (Å²) in [6.45, 7) is 4.07. The lowest BCUT2D eigenvalue weighted by atomic mass is 10.0. The van der Waals surface area contributed by atoms with Crippen LogP contribution in [0.15, 0.2) is 60.7 Å². The first-order chi connectivity index (χ1) is 17.0. The molecule has 1 N–H and O–H groups in total. The van der Waals surface area contributed by atoms with Gasteiger partial charge in [-0.15, -0.1) is 0 Å². The Kier molecular flexibility index (Phi) is 8.74. The third kappa shape index (κ3) is 6.78. The number of carbonyl (C=O) groups is 1. The van der Waals surface area contributed by atoms with E-state index in [4.69, 9.17) is 18.9 Å². The summed E-state index contributed by atoms with van der Waals surface area (Å²) in [6.07, 6.45) is 1.75. The van der Waals surface area contributed by atoms with Crippen LogP contribution in [0.25, 0.3) is 11.6 Å². The van der Waals surface area contributed by atoms with Crippen molar-refractivity contribution in [3.8, 4) is 29.1 Å². The second-order valence-corrected chi connectivity index (χ2v) is 7.59. The van der Waals surface area contributed by atoms with E-state index in [0.29, 0.717) is 46.4 Å². The molecular weight excluding hydrogens is 444 g/mol. The molecule has 0 aliphatic heterocycles. The molecule has 3 rings (SSSR count). The number of anilines is 1. The standard InChI is InChI=1S/C28H28N2O5/c1-5-34-27-15-20(14-22(17-29)21-10-12-24(32-3)26(16-21)33-4)9-11-25(27)35-18-28(31)30-23-8-6-7-19(2)13-23/h6-16H,5,18H2,1-4H3,(H,30,31)/b22-14+. The van der Waals surface area contributed by atoms with Crippen molar-refractivity contribution in [2.75, 3.05) is 32.8 Å². The number of methoxy groups -OCH3 is 2. The first kappa shape index (κ1) is 25.2. The molecule has 3 aromatic rings. The van der Waals surface area contributed by atoms with Gasteiger partial charge in [0.25, 0.3) is 5.91 Å². The molecule has 0 spiro atoms. The van der Waals surface area contributed by atoms with Crippen LogP contribution in [-0.4, -0.2) is 33.3 Å². The lowest BCUT2D eigenvalue weighted by molar-refractivity contribution is -0.118. The van der Waals surface area contributed by atoms with Gasteiger partial charge in [0.1, 0.15) is 0 Å². The van der Waals surface area contributed by atoms with Crippen LogP contribution >= 0.6 is 0 Å². The normalized spacial score (nSPS) is 10.8. The molecule has 180 valence electrons. The second kappa shape index (κ2) is 12.1. The number of hydrogen-bond acceptors (Lipinski definition) is 6. The molecular formula is C28H28N2O5. The van der Waals surface area contributed by atoms with Gasteiger partial charge in [-0.1, -0.05) is 18.2 Å². The Morgan fingerprint density at radius 2 is 1.71 bits per heavy atom. The number of rotatable bonds is 10. The van der Waals surface area contributed by atoms with Gasteiger partial charge in [-0.05, 0) is 79.1 Å². The zero-order valence-electron chi connectivity index (χ0n) is 20.3. The minimum absolute atomic E-state index is 0.168. The van der Waals surface area contributed by atoms with Crippen molar-refractivity contribution in [1.82, 2.24) is 0 Å². The molecule has 0 aromatic heterocycles. The predicted octanol–water partition coefficient (Wildman–Crippen LogP) is 5.49. The van der Waals surface area contributed by atoms with E-state index < -0.39 is 0 Å². The number of nitrogens with zero attached hydrogens (tertiary/aromatic N) is 1. The molecule has 7 nitrogen and oxygen atoms in total. The van der Waals surface area contributed by atoms with Gasteiger partial charge in [-0.2, -0.15) is 5.26 Å². The van der Waals surface area contributed by atoms with E-state index in [0.717, 1.165) is 11.1 Å². The zero-order valence-corrected chi connectivity index (χ0v) is 20.3. The maximum Gasteiger partial charge on any atom is 0.262 e. The van der Waals surface area contributed by atoms with E-state index in [1.165, 1.54) is 0 Å². The van der Waals surface area contributed by atoms with E-state index in [1.54, 1.807) is 56.7 Å². The van der Waals surface area contributed by atoms with Crippen LogP contribution in [-0.2, 0) is 4.79 Å². The summed E-state index contributed by atoms with van der Waals surface area (Å²) < 4.78 is 22.1. The van der Waals surface area contributed by atoms with Crippen molar-refractivity contribution < 1.29 is 23.7 Å². The highest BCUT2D eigenvalue weighted by molar-refractivity contribution is 5.92. The fourth-order valence-corrected chi connectivity index (χ4v) is 3.42. The molecule has 0 saturated carbocycles. The minimum atomic E-state index is -0.276. The number of aryl methyl sites for hydroxylation is 1. The summed E-state index contributed by atoms with van der Waals surface area (Å²) in [5.41, 5.74) is 3.64. The third-order valence-electron chi connectivity index (χ3n) is 5.05. The summed E-state index contributed by atoms with van der Waals surface area (Å²) in [6, 6.07) is 20.4. The van der Waals surface area contributed by atoms with Crippen molar-refractivity contribution in [3.63, 3.8) is 0 Å². The largest absolute Gasteiger partial charge is 0.493 e. The van der Waals surface area contributed by atoms with Crippen molar-refractivity contribution >= 4 is 23.2 Å². The van der Waals surface area contributed by atoms with Gasteiger partial charge in [0.2, 0.25) is 0 Å². The highest BCUT2D eigenvalue weighted by Crippen LogP contribution is 2.33. The fourth-order valence-electron chi connectivity index (χ4n) is 3.42. The number of benzene rings is 3. The average molecular weight is 473 g/mol. The predicted molar refractivity (Wildman–Crippen MR) is 136 cm³/mol. The Hall–Kier alpha value is -4.44. The van der Waals surface area contributed by atoms with Crippen LogP contribution in [0.3, 0.4) is 0 Å². The molecule has 0 heterocycles. The molecule has 0 saturated heterocycles. The van der Waals surface area contributed by atoms with E-state index in [-0.39, 0.29) is 12.5 Å². The molecule has 0 bridgehead atoms. The molecule has 0 aliphatic carbocycles. The Balaban J connectivity index is 1.78. The summed E-state index contributed by atoms with van der Waals surface area (Å²) in [7, 11) is 3.11. The number of nitriles is 1. The van der Waals surface area contributed by atoms with E-state index in [1.807, 2.05) is 38.1 Å². The van der Waals surface area contributed by atoms with Crippen molar-refractivity contribution in [2.45, 2.75) is 13.8 Å². The first-order valence-corrected chi connectivity index (χ1v) is 11.1. The fraction of sp³-hybridized carbons (Fsp3) is 0.214. The number of carbonyl (C=O) groups excluding carboxylic acids is 1. The quantitative estimate of drug-likeness (QED) is 0.310. The zero-order chi connectivity index (χ0) is 25.2. The first-order valence-electron chi connectivity index (χ1n) is 11.1. The Labute approximate surface area is 205 Å². The van der Waals surface area contributed by atoms with Gasteiger partial charge >= 0.3 is 0 Å². The highest BCUT2D eigenvalue weighted by atomic mass is 16.5. The molecule has 0 radical (unpaired) electrons. The summed E-state index contributed by atoms with van der Waals surface area (Å²) in [4.78, 5) is 12.3. The number of amides is 1. The maximum atomic E-state index is 12.3. The minimum Gasteiger partial charge on any atom is -0.493 e. The lowest BCUT2D eigenvalue weighted by Crippen LogP contribution is -2.20. The van der Waals surface area contributed by atoms with Gasteiger partial charge in [0.15, 0.2) is 29.6 Å². The monoisotopic (exact) mass is 472 g/mol. The van der Waals surface area contributed by atoms with Crippen molar-refractivity contribution in [1.29, 1.82) is 5.26 Å². The summed E-state index contributed by atoms with van der Waals surface area (Å²) in [5.74, 6) is 1.76.